The number of nitrogens with one attached hydrogen (secondary N) is 3. The van der Waals surface area contributed by atoms with E-state index in [1.165, 1.54) is 30.3 Å². The summed E-state index contributed by atoms with van der Waals surface area (Å²) in [5, 5.41) is 18.8. The van der Waals surface area contributed by atoms with E-state index < -0.39 is 40.5 Å². The number of carbonyl (C=O) groups is 6. The predicted molar refractivity (Wildman–Crippen MR) is 198 cm³/mol. The van der Waals surface area contributed by atoms with Crippen molar-refractivity contribution in [2.24, 2.45) is 0 Å². The Bertz CT molecular complexity index is 2380. The van der Waals surface area contributed by atoms with Crippen LogP contribution in [-0.2, 0) is 14.3 Å². The van der Waals surface area contributed by atoms with Crippen molar-refractivity contribution in [2.75, 3.05) is 26.3 Å². The van der Waals surface area contributed by atoms with Crippen LogP contribution in [-0.4, -0.2) is 82.6 Å². The Morgan fingerprint density at radius 1 is 0.804 bits per heavy atom. The molecule has 1 fully saturated rings. The van der Waals surface area contributed by atoms with Gasteiger partial charge in [0, 0.05) is 48.3 Å². The summed E-state index contributed by atoms with van der Waals surface area (Å²) in [7, 11) is 0. The van der Waals surface area contributed by atoms with Crippen molar-refractivity contribution in [3.8, 4) is 33.8 Å². The molecule has 1 unspecified atom stereocenters. The number of aromatic nitrogens is 1. The zero-order valence-corrected chi connectivity index (χ0v) is 29.5. The fourth-order valence-electron chi connectivity index (χ4n) is 6.36. The molecule has 0 radical (unpaired) electrons. The maximum atomic E-state index is 13.0. The quantitative estimate of drug-likeness (QED) is 0.0670. The van der Waals surface area contributed by atoms with Crippen LogP contribution in [0.25, 0.3) is 33.8 Å². The molecule has 7 rings (SSSR count). The summed E-state index contributed by atoms with van der Waals surface area (Å²) >= 11 is 0. The Morgan fingerprint density at radius 3 is 2.11 bits per heavy atom. The van der Waals surface area contributed by atoms with Gasteiger partial charge in [-0.1, -0.05) is 12.1 Å². The number of nitro benzene ring substituents is 1. The molecule has 2 aliphatic rings. The first-order chi connectivity index (χ1) is 27.1. The third-order valence-electron chi connectivity index (χ3n) is 9.22. The molecule has 16 heteroatoms. The maximum absolute atomic E-state index is 13.0. The first kappa shape index (κ1) is 37.0. The van der Waals surface area contributed by atoms with E-state index in [1.54, 1.807) is 54.8 Å². The van der Waals surface area contributed by atoms with E-state index in [4.69, 9.17) is 14.1 Å². The number of imide groups is 2. The number of benzene rings is 3. The number of hydrogen-bond donors (Lipinski definition) is 3. The van der Waals surface area contributed by atoms with Crippen molar-refractivity contribution >= 4 is 41.1 Å². The summed E-state index contributed by atoms with van der Waals surface area (Å²) in [6.45, 7) is 0.636. The van der Waals surface area contributed by atoms with Crippen LogP contribution in [0.5, 0.6) is 0 Å². The molecule has 2 aromatic heterocycles. The van der Waals surface area contributed by atoms with Gasteiger partial charge in [0.2, 0.25) is 11.8 Å². The fraction of sp³-hybridized carbons (Fsp3) is 0.175. The predicted octanol–water partition coefficient (Wildman–Crippen LogP) is 4.16. The number of nitro groups is 1. The van der Waals surface area contributed by atoms with E-state index in [2.05, 4.69) is 16.0 Å². The number of ether oxygens (including phenoxy) is 1. The van der Waals surface area contributed by atoms with E-state index in [-0.39, 0.29) is 67.4 Å². The third kappa shape index (κ3) is 7.81. The van der Waals surface area contributed by atoms with Crippen LogP contribution in [0.1, 0.15) is 54.3 Å². The largest absolute Gasteiger partial charge is 0.463 e. The topological polar surface area (TPSA) is 220 Å². The summed E-state index contributed by atoms with van der Waals surface area (Å²) < 4.78 is 11.1. The monoisotopic (exact) mass is 756 g/mol. The van der Waals surface area contributed by atoms with Crippen molar-refractivity contribution in [3.63, 3.8) is 0 Å². The molecule has 0 bridgehead atoms. The summed E-state index contributed by atoms with van der Waals surface area (Å²) in [5.41, 5.74) is 4.04. The van der Waals surface area contributed by atoms with Crippen molar-refractivity contribution in [2.45, 2.75) is 18.9 Å². The first-order valence-corrected chi connectivity index (χ1v) is 17.5. The van der Waals surface area contributed by atoms with Crippen molar-refractivity contribution in [1.29, 1.82) is 0 Å². The molecule has 2 aliphatic heterocycles. The fourth-order valence-corrected chi connectivity index (χ4v) is 6.36. The minimum Gasteiger partial charge on any atom is -0.463 e. The van der Waals surface area contributed by atoms with Crippen molar-refractivity contribution in [1.82, 2.24) is 25.8 Å². The average molecular weight is 757 g/mol. The normalized spacial score (nSPS) is 15.0. The maximum Gasteiger partial charge on any atom is 0.269 e. The number of furan rings is 1. The molecule has 4 heterocycles. The lowest BCUT2D eigenvalue weighted by molar-refractivity contribution is -0.384. The zero-order chi connectivity index (χ0) is 39.3. The summed E-state index contributed by atoms with van der Waals surface area (Å²) in [6, 6.07) is 23.3. The van der Waals surface area contributed by atoms with Gasteiger partial charge >= 0.3 is 0 Å². The Kier molecular flexibility index (Phi) is 10.5. The first-order valence-electron chi connectivity index (χ1n) is 17.5. The molecule has 5 aromatic rings. The van der Waals surface area contributed by atoms with Gasteiger partial charge in [0.15, 0.2) is 5.76 Å². The summed E-state index contributed by atoms with van der Waals surface area (Å²) in [5.74, 6) is -2.82. The van der Waals surface area contributed by atoms with Gasteiger partial charge in [-0.3, -0.25) is 49.1 Å². The number of pyridine rings is 1. The molecule has 56 heavy (non-hydrogen) atoms. The van der Waals surface area contributed by atoms with Crippen LogP contribution < -0.4 is 16.0 Å². The number of carbonyl (C=O) groups excluding carboxylic acids is 6. The van der Waals surface area contributed by atoms with Crippen LogP contribution in [0.2, 0.25) is 0 Å². The lowest BCUT2D eigenvalue weighted by Crippen LogP contribution is -2.54. The molecule has 6 amide bonds. The van der Waals surface area contributed by atoms with Crippen LogP contribution in [0.3, 0.4) is 0 Å². The number of nitrogens with zero attached hydrogens (tertiary/aromatic N) is 3. The number of rotatable bonds is 13. The SMILES string of the molecule is O=C1CCC(N2C(=O)c3ccc(C(=O)NCCOCCNC(=O)c4ccc(-c5cc(-c6ccc([N+](=O)[O-])cc6)nc(-c6ccco6)c5)cc4)cc3C2=O)C(=O)N1. The highest BCUT2D eigenvalue weighted by atomic mass is 16.6. The van der Waals surface area contributed by atoms with E-state index in [1.807, 2.05) is 12.1 Å². The smallest absolute Gasteiger partial charge is 0.269 e. The second-order valence-electron chi connectivity index (χ2n) is 12.8. The van der Waals surface area contributed by atoms with Crippen LogP contribution in [0, 0.1) is 10.1 Å². The standard InChI is InChI=1S/C40H32N6O10/c47-35-14-13-33(38(50)44-35)45-39(51)29-12-9-26(20-30(29)40(45)52)37(49)42-16-19-55-18-15-41-36(48)25-5-3-23(4-6-25)27-21-31(24-7-10-28(11-8-24)46(53)54)43-32(22-27)34-2-1-17-56-34/h1-12,17,20-22,33H,13-16,18-19H2,(H,41,48)(H,42,49)(H,44,47,50). The average Bonchev–Trinajstić information content (AvgIpc) is 3.84. The molecular weight excluding hydrogens is 724 g/mol. The van der Waals surface area contributed by atoms with Gasteiger partial charge in [0.1, 0.15) is 11.7 Å². The minimum atomic E-state index is -1.10. The van der Waals surface area contributed by atoms with E-state index in [0.29, 0.717) is 28.3 Å². The Morgan fingerprint density at radius 2 is 1.45 bits per heavy atom. The van der Waals surface area contributed by atoms with Crippen molar-refractivity contribution in [3.05, 3.63) is 130 Å². The molecule has 282 valence electrons. The summed E-state index contributed by atoms with van der Waals surface area (Å²) in [6.07, 6.45) is 1.57. The van der Waals surface area contributed by atoms with E-state index in [9.17, 15) is 38.9 Å². The van der Waals surface area contributed by atoms with Crippen molar-refractivity contribution < 1.29 is 42.8 Å². The lowest BCUT2D eigenvalue weighted by atomic mass is 10.00. The Balaban J connectivity index is 0.882. The molecule has 0 saturated carbocycles. The molecule has 3 aromatic carbocycles. The molecule has 16 nitrogen and oxygen atoms in total. The molecule has 0 aliphatic carbocycles. The van der Waals surface area contributed by atoms with Crippen LogP contribution >= 0.6 is 0 Å². The van der Waals surface area contributed by atoms with Gasteiger partial charge in [-0.15, -0.1) is 0 Å². The van der Waals surface area contributed by atoms with Crippen LogP contribution in [0.15, 0.2) is 102 Å². The second-order valence-corrected chi connectivity index (χ2v) is 12.8. The van der Waals surface area contributed by atoms with E-state index >= 15 is 0 Å². The third-order valence-corrected chi connectivity index (χ3v) is 9.22. The molecular formula is C40H32N6O10. The number of fused-ring (bicyclic) bond motifs is 1. The molecule has 1 saturated heterocycles. The van der Waals surface area contributed by atoms with Gasteiger partial charge in [-0.05, 0) is 84.3 Å². The number of hydrogen-bond acceptors (Lipinski definition) is 11. The van der Waals surface area contributed by atoms with Gasteiger partial charge in [-0.25, -0.2) is 4.98 Å². The number of amides is 6. The highest BCUT2D eigenvalue weighted by molar-refractivity contribution is 6.24. The summed E-state index contributed by atoms with van der Waals surface area (Å²) in [4.78, 5) is 91.6. The van der Waals surface area contributed by atoms with Gasteiger partial charge in [0.25, 0.3) is 29.3 Å². The second kappa shape index (κ2) is 16.0. The Hall–Kier alpha value is -7.33. The highest BCUT2D eigenvalue weighted by Crippen LogP contribution is 2.32. The van der Waals surface area contributed by atoms with Gasteiger partial charge < -0.3 is 19.8 Å². The number of piperidine rings is 1. The minimum absolute atomic E-state index is 0.000583. The van der Waals surface area contributed by atoms with E-state index in [0.717, 1.165) is 16.0 Å². The molecule has 3 N–H and O–H groups in total. The highest BCUT2D eigenvalue weighted by Gasteiger charge is 2.44. The number of non-ortho nitro benzene ring substituents is 1. The Labute approximate surface area is 318 Å². The van der Waals surface area contributed by atoms with Gasteiger partial charge in [-0.2, -0.15) is 0 Å². The zero-order valence-electron chi connectivity index (χ0n) is 29.5. The lowest BCUT2D eigenvalue weighted by Gasteiger charge is -2.27. The van der Waals surface area contributed by atoms with Crippen LogP contribution in [0.4, 0.5) is 5.69 Å². The van der Waals surface area contributed by atoms with Gasteiger partial charge in [0.05, 0.1) is 41.2 Å². The molecule has 0 spiro atoms. The molecule has 1 atom stereocenters.